The Bertz CT molecular complexity index is 851. The first-order chi connectivity index (χ1) is 14.1. The van der Waals surface area contributed by atoms with Crippen LogP contribution in [0, 0.1) is 6.92 Å². The molecule has 1 aliphatic rings. The Kier molecular flexibility index (Phi) is 6.90. The molecule has 7 nitrogen and oxygen atoms in total. The monoisotopic (exact) mass is 399 g/mol. The smallest absolute Gasteiger partial charge is 0.258 e. The van der Waals surface area contributed by atoms with Gasteiger partial charge in [-0.2, -0.15) is 4.98 Å². The van der Waals surface area contributed by atoms with Crippen LogP contribution < -0.4 is 14.8 Å². The van der Waals surface area contributed by atoms with Gasteiger partial charge in [0.1, 0.15) is 5.54 Å². The van der Waals surface area contributed by atoms with E-state index in [-0.39, 0.29) is 12.5 Å². The van der Waals surface area contributed by atoms with Crippen molar-refractivity contribution < 1.29 is 18.8 Å². The first kappa shape index (κ1) is 20.9. The highest BCUT2D eigenvalue weighted by atomic mass is 16.5. The molecule has 0 unspecified atom stereocenters. The fourth-order valence-corrected chi connectivity index (χ4v) is 3.78. The average molecular weight is 399 g/mol. The van der Waals surface area contributed by atoms with Crippen molar-refractivity contribution in [1.82, 2.24) is 15.5 Å². The molecule has 1 saturated carbocycles. The molecule has 0 radical (unpaired) electrons. The second kappa shape index (κ2) is 9.58. The quantitative estimate of drug-likeness (QED) is 0.704. The summed E-state index contributed by atoms with van der Waals surface area (Å²) < 4.78 is 16.3. The van der Waals surface area contributed by atoms with Crippen LogP contribution in [0.25, 0.3) is 6.08 Å². The number of nitrogens with one attached hydrogen (secondary N) is 1. The highest BCUT2D eigenvalue weighted by Gasteiger charge is 2.38. The molecule has 1 aliphatic carbocycles. The molecule has 0 spiro atoms. The lowest BCUT2D eigenvalue weighted by atomic mass is 9.89. The standard InChI is InChI=1S/C22H29N3O4/c1-4-9-17-10-11-18(19(14-17)27-3)28-15-20(26)24-22(12-7-5-6-8-13-22)21-23-16(2)29-25-21/h4,9-11,14H,5-8,12-13,15H2,1-3H3,(H,24,26)/b9-4+. The van der Waals surface area contributed by atoms with Crippen molar-refractivity contribution in [3.8, 4) is 11.5 Å². The predicted octanol–water partition coefficient (Wildman–Crippen LogP) is 4.16. The van der Waals surface area contributed by atoms with Gasteiger partial charge in [0.05, 0.1) is 7.11 Å². The fraction of sp³-hybridized carbons (Fsp3) is 0.500. The molecule has 3 rings (SSSR count). The van der Waals surface area contributed by atoms with Gasteiger partial charge >= 0.3 is 0 Å². The predicted molar refractivity (Wildman–Crippen MR) is 110 cm³/mol. The van der Waals surface area contributed by atoms with Gasteiger partial charge in [0.25, 0.3) is 5.91 Å². The Morgan fingerprint density at radius 1 is 1.24 bits per heavy atom. The van der Waals surface area contributed by atoms with E-state index in [1.165, 1.54) is 0 Å². The normalized spacial score (nSPS) is 16.4. The van der Waals surface area contributed by atoms with Crippen LogP contribution in [0.4, 0.5) is 0 Å². The van der Waals surface area contributed by atoms with Crippen molar-refractivity contribution in [2.45, 2.75) is 57.9 Å². The lowest BCUT2D eigenvalue weighted by Gasteiger charge is -2.30. The summed E-state index contributed by atoms with van der Waals surface area (Å²) in [6, 6.07) is 5.61. The zero-order valence-electron chi connectivity index (χ0n) is 17.4. The first-order valence-corrected chi connectivity index (χ1v) is 10.1. The molecule has 29 heavy (non-hydrogen) atoms. The van der Waals surface area contributed by atoms with Crippen molar-refractivity contribution >= 4 is 12.0 Å². The molecular weight excluding hydrogens is 370 g/mol. The van der Waals surface area contributed by atoms with Crippen LogP contribution in [0.15, 0.2) is 28.8 Å². The number of amides is 1. The van der Waals surface area contributed by atoms with E-state index in [0.717, 1.165) is 44.1 Å². The van der Waals surface area contributed by atoms with E-state index in [1.54, 1.807) is 14.0 Å². The maximum Gasteiger partial charge on any atom is 0.258 e. The number of carbonyl (C=O) groups is 1. The van der Waals surface area contributed by atoms with Crippen molar-refractivity contribution in [1.29, 1.82) is 0 Å². The zero-order valence-corrected chi connectivity index (χ0v) is 17.4. The number of hydrogen-bond acceptors (Lipinski definition) is 6. The van der Waals surface area contributed by atoms with E-state index < -0.39 is 5.54 Å². The number of nitrogens with zero attached hydrogens (tertiary/aromatic N) is 2. The molecular formula is C22H29N3O4. The van der Waals surface area contributed by atoms with Gasteiger partial charge in [-0.15, -0.1) is 0 Å². The molecule has 1 fully saturated rings. The van der Waals surface area contributed by atoms with Gasteiger partial charge in [-0.3, -0.25) is 4.79 Å². The van der Waals surface area contributed by atoms with Gasteiger partial charge in [-0.05, 0) is 37.5 Å². The van der Waals surface area contributed by atoms with E-state index in [1.807, 2.05) is 37.3 Å². The number of hydrogen-bond donors (Lipinski definition) is 1. The Morgan fingerprint density at radius 2 is 2.00 bits per heavy atom. The number of aromatic nitrogens is 2. The fourth-order valence-electron chi connectivity index (χ4n) is 3.78. The summed E-state index contributed by atoms with van der Waals surface area (Å²) in [4.78, 5) is 17.2. The number of methoxy groups -OCH3 is 1. The van der Waals surface area contributed by atoms with Crippen LogP contribution in [0.1, 0.15) is 62.7 Å². The van der Waals surface area contributed by atoms with Crippen molar-refractivity contribution in [2.24, 2.45) is 0 Å². The van der Waals surface area contributed by atoms with Gasteiger partial charge < -0.3 is 19.3 Å². The van der Waals surface area contributed by atoms with Gasteiger partial charge in [-0.25, -0.2) is 0 Å². The summed E-state index contributed by atoms with van der Waals surface area (Å²) in [5, 5.41) is 7.25. The van der Waals surface area contributed by atoms with Gasteiger partial charge in [0.15, 0.2) is 23.9 Å². The van der Waals surface area contributed by atoms with Crippen molar-refractivity contribution in [3.05, 3.63) is 41.6 Å². The number of ether oxygens (including phenoxy) is 2. The molecule has 1 aromatic heterocycles. The molecule has 156 valence electrons. The minimum Gasteiger partial charge on any atom is -0.493 e. The largest absolute Gasteiger partial charge is 0.493 e. The Hall–Kier alpha value is -2.83. The highest BCUT2D eigenvalue weighted by molar-refractivity contribution is 5.78. The molecule has 0 aliphatic heterocycles. The van der Waals surface area contributed by atoms with Gasteiger partial charge in [-0.1, -0.05) is 49.1 Å². The lowest BCUT2D eigenvalue weighted by Crippen LogP contribution is -2.48. The molecule has 1 amide bonds. The summed E-state index contributed by atoms with van der Waals surface area (Å²) in [7, 11) is 1.58. The maximum atomic E-state index is 12.8. The Labute approximate surface area is 171 Å². The molecule has 0 atom stereocenters. The zero-order chi connectivity index (χ0) is 20.7. The third-order valence-electron chi connectivity index (χ3n) is 5.20. The van der Waals surface area contributed by atoms with Gasteiger partial charge in [0, 0.05) is 6.92 Å². The summed E-state index contributed by atoms with van der Waals surface area (Å²) in [5.41, 5.74) is 0.403. The van der Waals surface area contributed by atoms with E-state index in [0.29, 0.717) is 23.2 Å². The second-order valence-corrected chi connectivity index (χ2v) is 7.38. The van der Waals surface area contributed by atoms with E-state index in [9.17, 15) is 4.79 Å². The number of carbonyl (C=O) groups excluding carboxylic acids is 1. The topological polar surface area (TPSA) is 86.5 Å². The molecule has 7 heteroatoms. The van der Waals surface area contributed by atoms with Crippen LogP contribution in [-0.2, 0) is 10.3 Å². The molecule has 1 aromatic carbocycles. The van der Waals surface area contributed by atoms with Crippen molar-refractivity contribution in [2.75, 3.05) is 13.7 Å². The molecule has 1 heterocycles. The van der Waals surface area contributed by atoms with Crippen LogP contribution in [0.2, 0.25) is 0 Å². The summed E-state index contributed by atoms with van der Waals surface area (Å²) in [6.45, 7) is 3.60. The number of aryl methyl sites for hydroxylation is 1. The SMILES string of the molecule is C/C=C/c1ccc(OCC(=O)NC2(c3noc(C)n3)CCCCCC2)c(OC)c1. The highest BCUT2D eigenvalue weighted by Crippen LogP contribution is 2.35. The first-order valence-electron chi connectivity index (χ1n) is 10.1. The number of allylic oxidation sites excluding steroid dienone is 1. The van der Waals surface area contributed by atoms with E-state index in [2.05, 4.69) is 15.5 Å². The van der Waals surface area contributed by atoms with Crippen LogP contribution in [0.5, 0.6) is 11.5 Å². The maximum absolute atomic E-state index is 12.8. The molecule has 2 aromatic rings. The third kappa shape index (κ3) is 5.16. The molecule has 0 bridgehead atoms. The Morgan fingerprint density at radius 3 is 2.62 bits per heavy atom. The summed E-state index contributed by atoms with van der Waals surface area (Å²) >= 11 is 0. The number of benzene rings is 1. The minimum atomic E-state index is -0.603. The van der Waals surface area contributed by atoms with Gasteiger partial charge in [0.2, 0.25) is 5.89 Å². The Balaban J connectivity index is 1.71. The second-order valence-electron chi connectivity index (χ2n) is 7.38. The van der Waals surface area contributed by atoms with Crippen LogP contribution in [-0.4, -0.2) is 29.8 Å². The molecule has 1 N–H and O–H groups in total. The number of rotatable bonds is 7. The average Bonchev–Trinajstić information content (AvgIpc) is 3.02. The van der Waals surface area contributed by atoms with Crippen LogP contribution in [0.3, 0.4) is 0 Å². The summed E-state index contributed by atoms with van der Waals surface area (Å²) in [6.07, 6.45) is 9.81. The van der Waals surface area contributed by atoms with E-state index >= 15 is 0 Å². The minimum absolute atomic E-state index is 0.113. The lowest BCUT2D eigenvalue weighted by molar-refractivity contribution is -0.125. The van der Waals surface area contributed by atoms with Crippen molar-refractivity contribution in [3.63, 3.8) is 0 Å². The molecule has 0 saturated heterocycles. The third-order valence-corrected chi connectivity index (χ3v) is 5.20. The van der Waals surface area contributed by atoms with E-state index in [4.69, 9.17) is 14.0 Å². The summed E-state index contributed by atoms with van der Waals surface area (Å²) in [5.74, 6) is 1.96. The van der Waals surface area contributed by atoms with Crippen LogP contribution >= 0.6 is 0 Å².